The van der Waals surface area contributed by atoms with Crippen LogP contribution in [-0.2, 0) is 0 Å². The van der Waals surface area contributed by atoms with Crippen molar-refractivity contribution in [2.75, 3.05) is 26.2 Å². The number of H-pyrrole nitrogens is 1. The summed E-state index contributed by atoms with van der Waals surface area (Å²) in [4.78, 5) is 4.35. The highest BCUT2D eigenvalue weighted by molar-refractivity contribution is 5.78. The maximum Gasteiger partial charge on any atom is 0.0785 e. The third-order valence-electron chi connectivity index (χ3n) is 2.54. The molecule has 96 valence electrons. The summed E-state index contributed by atoms with van der Waals surface area (Å²) in [5.41, 5.74) is 7.55. The first-order chi connectivity index (χ1) is 8.34. The first-order valence-corrected chi connectivity index (χ1v) is 6.25. The van der Waals surface area contributed by atoms with Crippen LogP contribution in [0.2, 0.25) is 0 Å². The zero-order valence-corrected chi connectivity index (χ0v) is 10.6. The first kappa shape index (κ1) is 13.9. The number of hydrogen-bond donors (Lipinski definition) is 3. The van der Waals surface area contributed by atoms with Crippen LogP contribution in [-0.4, -0.2) is 42.6 Å². The van der Waals surface area contributed by atoms with Crippen LogP contribution in [0.5, 0.6) is 0 Å². The number of unbranched alkanes of at least 4 members (excludes halogenated alkanes) is 1. The predicted octanol–water partition coefficient (Wildman–Crippen LogP) is 0.856. The molecule has 0 saturated carbocycles. The van der Waals surface area contributed by atoms with E-state index in [1.165, 1.54) is 0 Å². The fourth-order valence-corrected chi connectivity index (χ4v) is 1.46. The van der Waals surface area contributed by atoms with E-state index in [-0.39, 0.29) is 0 Å². The molecular weight excluding hydrogens is 214 g/mol. The van der Waals surface area contributed by atoms with Gasteiger partial charge in [0.25, 0.3) is 0 Å². The van der Waals surface area contributed by atoms with Gasteiger partial charge in [0.1, 0.15) is 0 Å². The van der Waals surface area contributed by atoms with Crippen molar-refractivity contribution in [3.05, 3.63) is 17.5 Å². The molecule has 0 aliphatic carbocycles. The standard InChI is InChI=1S/C12H23N5/c1-11-9-16-17-12(11)10-15-8-4-7-14-6-3-2-5-13/h9-10,14H,2-8,13H2,1H3,(H,16,17). The quantitative estimate of drug-likeness (QED) is 0.440. The second-order valence-electron chi connectivity index (χ2n) is 4.10. The van der Waals surface area contributed by atoms with Gasteiger partial charge >= 0.3 is 0 Å². The Hall–Kier alpha value is -1.20. The molecule has 0 amide bonds. The molecule has 0 spiro atoms. The van der Waals surface area contributed by atoms with Gasteiger partial charge < -0.3 is 11.1 Å². The van der Waals surface area contributed by atoms with E-state index in [0.29, 0.717) is 0 Å². The number of nitrogens with two attached hydrogens (primary N) is 1. The molecule has 4 N–H and O–H groups in total. The average Bonchev–Trinajstić information content (AvgIpc) is 2.73. The highest BCUT2D eigenvalue weighted by Gasteiger charge is 1.94. The van der Waals surface area contributed by atoms with Gasteiger partial charge in [-0.05, 0) is 51.4 Å². The number of aliphatic imine (C=N–C) groups is 1. The van der Waals surface area contributed by atoms with Gasteiger partial charge in [-0.15, -0.1) is 0 Å². The summed E-state index contributed by atoms with van der Waals surface area (Å²) in [5.74, 6) is 0. The van der Waals surface area contributed by atoms with Crippen molar-refractivity contribution >= 4 is 6.21 Å². The van der Waals surface area contributed by atoms with Gasteiger partial charge in [-0.25, -0.2) is 0 Å². The van der Waals surface area contributed by atoms with Crippen molar-refractivity contribution < 1.29 is 0 Å². The van der Waals surface area contributed by atoms with Crippen molar-refractivity contribution in [1.82, 2.24) is 15.5 Å². The summed E-state index contributed by atoms with van der Waals surface area (Å²) in [6.45, 7) is 5.73. The average molecular weight is 237 g/mol. The number of hydrogen-bond acceptors (Lipinski definition) is 4. The number of aryl methyl sites for hydroxylation is 1. The van der Waals surface area contributed by atoms with Crippen LogP contribution >= 0.6 is 0 Å². The van der Waals surface area contributed by atoms with Crippen LogP contribution in [0.25, 0.3) is 0 Å². The van der Waals surface area contributed by atoms with Crippen molar-refractivity contribution in [3.63, 3.8) is 0 Å². The minimum atomic E-state index is 0.787. The molecule has 5 nitrogen and oxygen atoms in total. The molecule has 5 heteroatoms. The van der Waals surface area contributed by atoms with Crippen LogP contribution in [0.15, 0.2) is 11.2 Å². The molecule has 0 unspecified atom stereocenters. The van der Waals surface area contributed by atoms with Crippen molar-refractivity contribution in [1.29, 1.82) is 0 Å². The molecule has 0 atom stereocenters. The maximum absolute atomic E-state index is 5.41. The summed E-state index contributed by atoms with van der Waals surface area (Å²) in [6, 6.07) is 0. The monoisotopic (exact) mass is 237 g/mol. The number of nitrogens with one attached hydrogen (secondary N) is 2. The first-order valence-electron chi connectivity index (χ1n) is 6.25. The van der Waals surface area contributed by atoms with Gasteiger partial charge in [0, 0.05) is 12.8 Å². The van der Waals surface area contributed by atoms with Gasteiger partial charge in [-0.2, -0.15) is 5.10 Å². The van der Waals surface area contributed by atoms with Crippen LogP contribution in [0.3, 0.4) is 0 Å². The van der Waals surface area contributed by atoms with Gasteiger partial charge in [0.2, 0.25) is 0 Å². The van der Waals surface area contributed by atoms with Gasteiger partial charge in [0.05, 0.1) is 11.9 Å². The second kappa shape index (κ2) is 8.90. The summed E-state index contributed by atoms with van der Waals surface area (Å²) in [6.07, 6.45) is 6.99. The zero-order valence-electron chi connectivity index (χ0n) is 10.6. The molecule has 0 aliphatic heterocycles. The smallest absolute Gasteiger partial charge is 0.0785 e. The topological polar surface area (TPSA) is 79.1 Å². The fourth-order valence-electron chi connectivity index (χ4n) is 1.46. The Labute approximate surface area is 103 Å². The molecule has 0 aliphatic rings. The van der Waals surface area contributed by atoms with Crippen molar-refractivity contribution in [2.45, 2.75) is 26.2 Å². The molecule has 0 fully saturated rings. The fraction of sp³-hybridized carbons (Fsp3) is 0.667. The summed E-state index contributed by atoms with van der Waals surface area (Å²) in [5, 5.41) is 10.2. The highest BCUT2D eigenvalue weighted by Crippen LogP contribution is 1.97. The molecule has 0 bridgehead atoms. The van der Waals surface area contributed by atoms with E-state index in [1.807, 2.05) is 13.1 Å². The Morgan fingerprint density at radius 3 is 2.94 bits per heavy atom. The van der Waals surface area contributed by atoms with E-state index in [4.69, 9.17) is 5.73 Å². The molecule has 0 saturated heterocycles. The Morgan fingerprint density at radius 1 is 1.41 bits per heavy atom. The van der Waals surface area contributed by atoms with Crippen LogP contribution in [0.4, 0.5) is 0 Å². The lowest BCUT2D eigenvalue weighted by Gasteiger charge is -2.01. The Bertz CT molecular complexity index is 318. The Morgan fingerprint density at radius 2 is 2.24 bits per heavy atom. The van der Waals surface area contributed by atoms with Crippen molar-refractivity contribution in [2.24, 2.45) is 10.7 Å². The van der Waals surface area contributed by atoms with E-state index >= 15 is 0 Å². The molecule has 1 heterocycles. The lowest BCUT2D eigenvalue weighted by atomic mass is 10.3. The molecule has 0 aromatic carbocycles. The highest BCUT2D eigenvalue weighted by atomic mass is 15.1. The minimum Gasteiger partial charge on any atom is -0.330 e. The lowest BCUT2D eigenvalue weighted by molar-refractivity contribution is 0.611. The molecule has 0 radical (unpaired) electrons. The molecule has 1 aromatic rings. The largest absolute Gasteiger partial charge is 0.330 e. The molecule has 1 aromatic heterocycles. The number of rotatable bonds is 9. The molecule has 1 rings (SSSR count). The predicted molar refractivity (Wildman–Crippen MR) is 71.6 cm³/mol. The Balaban J connectivity index is 1.97. The van der Waals surface area contributed by atoms with Gasteiger partial charge in [-0.1, -0.05) is 0 Å². The second-order valence-corrected chi connectivity index (χ2v) is 4.10. The van der Waals surface area contributed by atoms with E-state index < -0.39 is 0 Å². The van der Waals surface area contributed by atoms with Gasteiger partial charge in [-0.3, -0.25) is 10.1 Å². The minimum absolute atomic E-state index is 0.787. The molecular formula is C12H23N5. The van der Waals surface area contributed by atoms with Crippen LogP contribution in [0, 0.1) is 6.92 Å². The third kappa shape index (κ3) is 6.19. The van der Waals surface area contributed by atoms with Crippen LogP contribution in [0.1, 0.15) is 30.5 Å². The normalized spacial score (nSPS) is 11.4. The number of aromatic amines is 1. The lowest BCUT2D eigenvalue weighted by Crippen LogP contribution is -2.18. The number of nitrogens with zero attached hydrogens (tertiary/aromatic N) is 2. The van der Waals surface area contributed by atoms with Crippen LogP contribution < -0.4 is 11.1 Å². The Kier molecular flexibility index (Phi) is 7.25. The van der Waals surface area contributed by atoms with E-state index in [9.17, 15) is 0 Å². The van der Waals surface area contributed by atoms with E-state index in [1.54, 1.807) is 6.20 Å². The SMILES string of the molecule is Cc1cn[nH]c1C=NCCCNCCCCN. The summed E-state index contributed by atoms with van der Waals surface area (Å²) < 4.78 is 0. The summed E-state index contributed by atoms with van der Waals surface area (Å²) >= 11 is 0. The summed E-state index contributed by atoms with van der Waals surface area (Å²) in [7, 11) is 0. The van der Waals surface area contributed by atoms with Crippen molar-refractivity contribution in [3.8, 4) is 0 Å². The van der Waals surface area contributed by atoms with Gasteiger partial charge in [0.15, 0.2) is 0 Å². The third-order valence-corrected chi connectivity index (χ3v) is 2.54. The number of aromatic nitrogens is 2. The zero-order chi connectivity index (χ0) is 12.3. The molecule has 17 heavy (non-hydrogen) atoms. The van der Waals surface area contributed by atoms with E-state index in [2.05, 4.69) is 20.5 Å². The maximum atomic E-state index is 5.41. The van der Waals surface area contributed by atoms with E-state index in [0.717, 1.165) is 56.7 Å².